The highest BCUT2D eigenvalue weighted by atomic mass is 32.2. The molecule has 7 nitrogen and oxygen atoms in total. The van der Waals surface area contributed by atoms with Crippen molar-refractivity contribution >= 4 is 27.5 Å². The van der Waals surface area contributed by atoms with E-state index in [1.165, 1.54) is 23.1 Å². The molecule has 0 saturated heterocycles. The van der Waals surface area contributed by atoms with Gasteiger partial charge in [0.1, 0.15) is 18.4 Å². The lowest BCUT2D eigenvalue weighted by Crippen LogP contribution is -2.54. The number of nitrogens with zero attached hydrogens (tertiary/aromatic N) is 2. The van der Waals surface area contributed by atoms with Gasteiger partial charge < -0.3 is 10.2 Å². The molecule has 0 heterocycles. The van der Waals surface area contributed by atoms with Gasteiger partial charge in [0.15, 0.2) is 0 Å². The topological polar surface area (TPSA) is 86.8 Å². The minimum absolute atomic E-state index is 0.0286. The summed E-state index contributed by atoms with van der Waals surface area (Å²) in [5.41, 5.74) is 3.71. The molecule has 0 aliphatic rings. The molecular formula is C36H40FN3O4S. The number of amides is 2. The highest BCUT2D eigenvalue weighted by Crippen LogP contribution is 2.29. The Kier molecular flexibility index (Phi) is 10.8. The Morgan fingerprint density at radius 2 is 1.44 bits per heavy atom. The molecule has 0 aliphatic carbocycles. The van der Waals surface area contributed by atoms with Gasteiger partial charge in [-0.15, -0.1) is 0 Å². The van der Waals surface area contributed by atoms with E-state index in [0.29, 0.717) is 11.3 Å². The van der Waals surface area contributed by atoms with Gasteiger partial charge in [-0.05, 0) is 75.6 Å². The van der Waals surface area contributed by atoms with Crippen LogP contribution in [0.1, 0.15) is 41.7 Å². The summed E-state index contributed by atoms with van der Waals surface area (Å²) in [5, 5.41) is 2.90. The smallest absolute Gasteiger partial charge is 0.264 e. The van der Waals surface area contributed by atoms with Gasteiger partial charge >= 0.3 is 0 Å². The maximum Gasteiger partial charge on any atom is 0.264 e. The van der Waals surface area contributed by atoms with Gasteiger partial charge in [0, 0.05) is 24.6 Å². The molecule has 9 heteroatoms. The normalized spacial score (nSPS) is 12.1. The summed E-state index contributed by atoms with van der Waals surface area (Å²) in [4.78, 5) is 29.6. The molecular weight excluding hydrogens is 589 g/mol. The minimum Gasteiger partial charge on any atom is -0.352 e. The zero-order chi connectivity index (χ0) is 32.7. The third-order valence-electron chi connectivity index (χ3n) is 7.52. The first-order chi connectivity index (χ1) is 21.4. The summed E-state index contributed by atoms with van der Waals surface area (Å²) < 4.78 is 44.6. The number of anilines is 1. The predicted octanol–water partition coefficient (Wildman–Crippen LogP) is 6.11. The number of halogens is 1. The van der Waals surface area contributed by atoms with E-state index < -0.39 is 40.2 Å². The Hall–Kier alpha value is -4.50. The largest absolute Gasteiger partial charge is 0.352 e. The zero-order valence-corrected chi connectivity index (χ0v) is 27.1. The first-order valence-corrected chi connectivity index (χ1v) is 16.3. The average molecular weight is 630 g/mol. The Bertz CT molecular complexity index is 1740. The maximum absolute atomic E-state index is 15.0. The first-order valence-electron chi connectivity index (χ1n) is 14.9. The summed E-state index contributed by atoms with van der Waals surface area (Å²) in [6.45, 7) is 8.28. The van der Waals surface area contributed by atoms with E-state index >= 15 is 4.39 Å². The van der Waals surface area contributed by atoms with Crippen molar-refractivity contribution in [1.82, 2.24) is 10.2 Å². The van der Waals surface area contributed by atoms with Gasteiger partial charge in [-0.2, -0.15) is 0 Å². The van der Waals surface area contributed by atoms with Crippen molar-refractivity contribution < 1.29 is 22.4 Å². The van der Waals surface area contributed by atoms with Crippen LogP contribution in [0.3, 0.4) is 0 Å². The third kappa shape index (κ3) is 8.36. The van der Waals surface area contributed by atoms with Crippen molar-refractivity contribution in [3.8, 4) is 0 Å². The van der Waals surface area contributed by atoms with Crippen LogP contribution >= 0.6 is 0 Å². The second kappa shape index (κ2) is 14.5. The summed E-state index contributed by atoms with van der Waals surface area (Å²) >= 11 is 0. The van der Waals surface area contributed by atoms with Gasteiger partial charge in [-0.25, -0.2) is 12.8 Å². The number of hydrogen-bond donors (Lipinski definition) is 1. The predicted molar refractivity (Wildman–Crippen MR) is 176 cm³/mol. The van der Waals surface area contributed by atoms with Gasteiger partial charge in [0.05, 0.1) is 10.6 Å². The SMILES string of the molecule is Cc1ccc(S(=O)(=O)N(CC(=O)N(Cc2ccccc2F)[C@H](Cc2ccccc2)C(=O)NC(C)C)c2cc(C)ccc2C)cc1. The fraction of sp³-hybridized carbons (Fsp3) is 0.278. The van der Waals surface area contributed by atoms with Gasteiger partial charge in [-0.1, -0.05) is 78.4 Å². The van der Waals surface area contributed by atoms with Crippen LogP contribution in [0.25, 0.3) is 0 Å². The quantitative estimate of drug-likeness (QED) is 0.205. The monoisotopic (exact) mass is 629 g/mol. The molecule has 0 radical (unpaired) electrons. The summed E-state index contributed by atoms with van der Waals surface area (Å²) in [6, 6.07) is 25.8. The molecule has 2 amide bonds. The fourth-order valence-electron chi connectivity index (χ4n) is 5.08. The molecule has 0 saturated carbocycles. The van der Waals surface area contributed by atoms with Crippen LogP contribution in [0.5, 0.6) is 0 Å². The fourth-order valence-corrected chi connectivity index (χ4v) is 6.55. The van der Waals surface area contributed by atoms with E-state index in [1.54, 1.807) is 49.4 Å². The van der Waals surface area contributed by atoms with Crippen LogP contribution in [0.4, 0.5) is 10.1 Å². The highest BCUT2D eigenvalue weighted by Gasteiger charge is 2.35. The zero-order valence-electron chi connectivity index (χ0n) is 26.3. The number of carbonyl (C=O) groups is 2. The molecule has 0 bridgehead atoms. The van der Waals surface area contributed by atoms with E-state index in [1.807, 2.05) is 64.1 Å². The number of aryl methyl sites for hydroxylation is 3. The van der Waals surface area contributed by atoms with Crippen molar-refractivity contribution in [3.05, 3.63) is 131 Å². The summed E-state index contributed by atoms with van der Waals surface area (Å²) in [7, 11) is -4.23. The Labute approximate surface area is 265 Å². The van der Waals surface area contributed by atoms with Crippen molar-refractivity contribution in [1.29, 1.82) is 0 Å². The van der Waals surface area contributed by atoms with Crippen molar-refractivity contribution in [2.24, 2.45) is 0 Å². The number of rotatable bonds is 12. The number of sulfonamides is 1. The van der Waals surface area contributed by atoms with Crippen LogP contribution < -0.4 is 9.62 Å². The van der Waals surface area contributed by atoms with E-state index in [4.69, 9.17) is 0 Å². The lowest BCUT2D eigenvalue weighted by atomic mass is 10.0. The Morgan fingerprint density at radius 1 is 0.822 bits per heavy atom. The Morgan fingerprint density at radius 3 is 2.09 bits per heavy atom. The molecule has 0 aliphatic heterocycles. The number of nitrogens with one attached hydrogen (secondary N) is 1. The van der Waals surface area contributed by atoms with E-state index in [9.17, 15) is 18.0 Å². The van der Waals surface area contributed by atoms with E-state index in [-0.39, 0.29) is 29.5 Å². The van der Waals surface area contributed by atoms with Crippen LogP contribution in [-0.2, 0) is 32.6 Å². The number of hydrogen-bond acceptors (Lipinski definition) is 4. The number of benzene rings is 4. The lowest BCUT2D eigenvalue weighted by Gasteiger charge is -2.34. The highest BCUT2D eigenvalue weighted by molar-refractivity contribution is 7.92. The van der Waals surface area contributed by atoms with E-state index in [0.717, 1.165) is 21.0 Å². The van der Waals surface area contributed by atoms with Gasteiger partial charge in [0.2, 0.25) is 11.8 Å². The summed E-state index contributed by atoms with van der Waals surface area (Å²) in [5.74, 6) is -1.59. The molecule has 4 aromatic carbocycles. The molecule has 4 aromatic rings. The summed E-state index contributed by atoms with van der Waals surface area (Å²) in [6.07, 6.45) is 0.147. The maximum atomic E-state index is 15.0. The third-order valence-corrected chi connectivity index (χ3v) is 9.30. The standard InChI is InChI=1S/C36H40FN3O4S/c1-25(2)38-36(42)34(22-29-11-7-6-8-12-29)39(23-30-13-9-10-14-32(30)37)35(41)24-40(33-21-27(4)15-18-28(33)5)45(43,44)31-19-16-26(3)17-20-31/h6-21,25,34H,22-24H2,1-5H3,(H,38,42)/t34-/m1/s1. The number of carbonyl (C=O) groups excluding carboxylic acids is 2. The first kappa shape index (κ1) is 33.4. The van der Waals surface area contributed by atoms with Crippen molar-refractivity contribution in [2.45, 2.75) is 64.6 Å². The molecule has 45 heavy (non-hydrogen) atoms. The van der Waals surface area contributed by atoms with Crippen LogP contribution in [-0.4, -0.2) is 43.8 Å². The molecule has 0 aromatic heterocycles. The molecule has 0 unspecified atom stereocenters. The molecule has 0 fully saturated rings. The molecule has 1 atom stereocenters. The Balaban J connectivity index is 1.84. The van der Waals surface area contributed by atoms with Crippen LogP contribution in [0.15, 0.2) is 102 Å². The molecule has 1 N–H and O–H groups in total. The van der Waals surface area contributed by atoms with E-state index in [2.05, 4.69) is 5.32 Å². The molecule has 4 rings (SSSR count). The van der Waals surface area contributed by atoms with Crippen LogP contribution in [0.2, 0.25) is 0 Å². The molecule has 236 valence electrons. The van der Waals surface area contributed by atoms with Gasteiger partial charge in [0.25, 0.3) is 10.0 Å². The van der Waals surface area contributed by atoms with Gasteiger partial charge in [-0.3, -0.25) is 13.9 Å². The van der Waals surface area contributed by atoms with Crippen LogP contribution in [0, 0.1) is 26.6 Å². The van der Waals surface area contributed by atoms with Crippen molar-refractivity contribution in [3.63, 3.8) is 0 Å². The second-order valence-electron chi connectivity index (χ2n) is 11.6. The lowest BCUT2D eigenvalue weighted by molar-refractivity contribution is -0.140. The average Bonchev–Trinajstić information content (AvgIpc) is 3.00. The minimum atomic E-state index is -4.23. The van der Waals surface area contributed by atoms with Crippen molar-refractivity contribution in [2.75, 3.05) is 10.8 Å². The second-order valence-corrected chi connectivity index (χ2v) is 13.5. The molecule has 0 spiro atoms.